The van der Waals surface area contributed by atoms with Crippen molar-refractivity contribution in [3.8, 4) is 0 Å². The molecule has 3 aliphatic heterocycles. The lowest BCUT2D eigenvalue weighted by molar-refractivity contribution is -0.383. The molecule has 7 aliphatic rings. The van der Waals surface area contributed by atoms with Crippen molar-refractivity contribution in [2.24, 2.45) is 58.2 Å². The molecule has 7 fully saturated rings. The molecular formula is C49H83NO17. The molecule has 0 aromatic carbocycles. The van der Waals surface area contributed by atoms with Crippen LogP contribution in [0, 0.1) is 58.2 Å². The van der Waals surface area contributed by atoms with Gasteiger partial charge in [0.1, 0.15) is 66.8 Å². The Balaban J connectivity index is 0.936. The zero-order chi connectivity index (χ0) is 48.9. The fourth-order valence-corrected chi connectivity index (χ4v) is 13.9. The number of amides is 1. The molecular weight excluding hydrogens is 875 g/mol. The van der Waals surface area contributed by atoms with E-state index in [0.29, 0.717) is 68.2 Å². The van der Waals surface area contributed by atoms with Crippen LogP contribution in [0.2, 0.25) is 0 Å². The number of carbonyl (C=O) groups is 2. The first-order valence-corrected chi connectivity index (χ1v) is 25.3. The highest BCUT2D eigenvalue weighted by atomic mass is 16.8. The molecule has 7 rings (SSSR count). The van der Waals surface area contributed by atoms with Gasteiger partial charge in [-0.05, 0) is 117 Å². The van der Waals surface area contributed by atoms with Gasteiger partial charge in [-0.25, -0.2) is 0 Å². The van der Waals surface area contributed by atoms with Crippen LogP contribution < -0.4 is 5.32 Å². The lowest BCUT2D eigenvalue weighted by Gasteiger charge is -2.61. The highest BCUT2D eigenvalue weighted by molar-refractivity contribution is 5.81. The van der Waals surface area contributed by atoms with Crippen molar-refractivity contribution in [3.63, 3.8) is 0 Å². The third kappa shape index (κ3) is 10.8. The van der Waals surface area contributed by atoms with Gasteiger partial charge in [0.25, 0.3) is 0 Å². The molecule has 3 heterocycles. The topological polar surface area (TPSA) is 284 Å². The standard InChI is InChI=1S/C49H83NO17/c1-22(2)16-35(55)50-19-23(3)8-11-31(52)24(4)36-32(53)18-30-28-10-9-26-17-27(12-14-48(26,6)29(28)13-15-49(30,36)7)64-46-42(61)40(59)43(34(20-51)65-46)66-47-44(39(58)37(56)25(5)63-47)67-45-41(60)38(57)33(54)21-62-45/h22-30,32-34,36-47,51,53-54,56-61H,8-21H2,1-7H3,(H,50,55)/t23-,24-,25+,26+,27+,28-,29+,30+,32-,33-,34-,36+,37+,38+,39-,40-,41+,42-,43-,44-,45+,46-,47+,48+,49+/m1/s1. The van der Waals surface area contributed by atoms with Crippen molar-refractivity contribution in [1.82, 2.24) is 5.32 Å². The maximum atomic E-state index is 13.8. The molecule has 0 spiro atoms. The number of Topliss-reactive ketones (excluding diaryl/α,β-unsaturated/α-hetero) is 1. The van der Waals surface area contributed by atoms with E-state index < -0.39 is 105 Å². The van der Waals surface area contributed by atoms with Crippen LogP contribution in [0.4, 0.5) is 0 Å². The van der Waals surface area contributed by atoms with Crippen LogP contribution in [0.5, 0.6) is 0 Å². The summed E-state index contributed by atoms with van der Waals surface area (Å²) in [6.45, 7) is 13.8. The summed E-state index contributed by atoms with van der Waals surface area (Å²) in [7, 11) is 0. The van der Waals surface area contributed by atoms with Crippen LogP contribution in [0.15, 0.2) is 0 Å². The van der Waals surface area contributed by atoms with Gasteiger partial charge in [-0.15, -0.1) is 0 Å². The summed E-state index contributed by atoms with van der Waals surface area (Å²) < 4.78 is 35.5. The molecule has 0 aromatic heterocycles. The number of ether oxygens (including phenoxy) is 6. The summed E-state index contributed by atoms with van der Waals surface area (Å²) in [5.41, 5.74) is -0.121. The molecule has 386 valence electrons. The highest BCUT2D eigenvalue weighted by Gasteiger charge is 2.64. The first-order chi connectivity index (χ1) is 31.6. The Morgan fingerprint density at radius 3 is 2.09 bits per heavy atom. The molecule has 0 aromatic rings. The van der Waals surface area contributed by atoms with Gasteiger partial charge in [-0.2, -0.15) is 0 Å². The first kappa shape index (κ1) is 53.3. The Morgan fingerprint density at radius 2 is 1.39 bits per heavy atom. The second kappa shape index (κ2) is 21.7. The van der Waals surface area contributed by atoms with Crippen molar-refractivity contribution >= 4 is 11.7 Å². The molecule has 4 saturated carbocycles. The average molecular weight is 958 g/mol. The third-order valence-electron chi connectivity index (χ3n) is 17.9. The Morgan fingerprint density at radius 1 is 0.716 bits per heavy atom. The number of hydrogen-bond donors (Lipinski definition) is 10. The lowest BCUT2D eigenvalue weighted by Crippen LogP contribution is -2.66. The van der Waals surface area contributed by atoms with Crippen LogP contribution in [-0.4, -0.2) is 176 Å². The van der Waals surface area contributed by atoms with Gasteiger partial charge in [-0.1, -0.05) is 41.5 Å². The predicted molar refractivity (Wildman–Crippen MR) is 238 cm³/mol. The SMILES string of the molecule is CC(C)CC(=O)NC[C@H](C)CCC(=O)[C@@H](C)[C@H]1[C@H](O)C[C@H]2[C@@H]3CC[C@H]4C[C@@H](O[C@@H]5O[C@H](CO)[C@@H](O[C@@H]6O[C@@H](C)[C@H](O)[C@@H](O)[C@H]6O[C@@H]6OC[C@@H](O)[C@H](O)[C@@H]6O)[C@H](O)[C@H]5O)CC[C@]4(C)[C@H]3CC[C@]12C. The first-order valence-electron chi connectivity index (χ1n) is 25.3. The van der Waals surface area contributed by atoms with E-state index >= 15 is 0 Å². The summed E-state index contributed by atoms with van der Waals surface area (Å²) >= 11 is 0. The Labute approximate surface area is 395 Å². The monoisotopic (exact) mass is 958 g/mol. The van der Waals surface area contributed by atoms with E-state index in [1.165, 1.54) is 6.92 Å². The summed E-state index contributed by atoms with van der Waals surface area (Å²) in [6.07, 6.45) is -13.1. The van der Waals surface area contributed by atoms with Crippen LogP contribution in [0.25, 0.3) is 0 Å². The van der Waals surface area contributed by atoms with Gasteiger partial charge < -0.3 is 79.7 Å². The normalized spacial score (nSPS) is 48.8. The summed E-state index contributed by atoms with van der Waals surface area (Å²) in [6, 6.07) is 0. The van der Waals surface area contributed by atoms with Crippen molar-refractivity contribution in [3.05, 3.63) is 0 Å². The Bertz CT molecular complexity index is 1660. The lowest BCUT2D eigenvalue weighted by atomic mass is 9.44. The van der Waals surface area contributed by atoms with Crippen molar-refractivity contribution in [2.75, 3.05) is 19.8 Å². The minimum Gasteiger partial charge on any atom is -0.394 e. The molecule has 25 atom stereocenters. The van der Waals surface area contributed by atoms with E-state index in [-0.39, 0.29) is 46.4 Å². The molecule has 3 saturated heterocycles. The van der Waals surface area contributed by atoms with Gasteiger partial charge in [0.15, 0.2) is 18.9 Å². The summed E-state index contributed by atoms with van der Waals surface area (Å²) in [5, 5.41) is 100. The van der Waals surface area contributed by atoms with Gasteiger partial charge >= 0.3 is 0 Å². The molecule has 0 unspecified atom stereocenters. The molecule has 0 radical (unpaired) electrons. The smallest absolute Gasteiger partial charge is 0.220 e. The second-order valence-corrected chi connectivity index (χ2v) is 22.7. The van der Waals surface area contributed by atoms with E-state index in [4.69, 9.17) is 28.4 Å². The predicted octanol–water partition coefficient (Wildman–Crippen LogP) is 0.900. The van der Waals surface area contributed by atoms with E-state index in [9.17, 15) is 55.5 Å². The summed E-state index contributed by atoms with van der Waals surface area (Å²) in [4.78, 5) is 25.9. The van der Waals surface area contributed by atoms with Crippen molar-refractivity contribution < 1.29 is 84.0 Å². The van der Waals surface area contributed by atoms with Crippen LogP contribution in [0.3, 0.4) is 0 Å². The number of carbonyl (C=O) groups excluding carboxylic acids is 2. The molecule has 0 bridgehead atoms. The number of ketones is 1. The fraction of sp³-hybridized carbons (Fsp3) is 0.959. The molecule has 4 aliphatic carbocycles. The largest absolute Gasteiger partial charge is 0.394 e. The number of aliphatic hydroxyl groups is 9. The fourth-order valence-electron chi connectivity index (χ4n) is 13.9. The minimum absolute atomic E-state index is 0.0257. The quantitative estimate of drug-likeness (QED) is 0.0963. The zero-order valence-electron chi connectivity index (χ0n) is 40.5. The number of hydrogen-bond acceptors (Lipinski definition) is 17. The molecule has 67 heavy (non-hydrogen) atoms. The number of aliphatic hydroxyl groups excluding tert-OH is 9. The van der Waals surface area contributed by atoms with Crippen LogP contribution in [0.1, 0.15) is 119 Å². The second-order valence-electron chi connectivity index (χ2n) is 22.7. The molecule has 18 nitrogen and oxygen atoms in total. The van der Waals surface area contributed by atoms with Gasteiger partial charge in [-0.3, -0.25) is 9.59 Å². The minimum atomic E-state index is -1.73. The zero-order valence-corrected chi connectivity index (χ0v) is 40.5. The third-order valence-corrected chi connectivity index (χ3v) is 17.9. The number of rotatable bonds is 16. The molecule has 10 N–H and O–H groups in total. The highest BCUT2D eigenvalue weighted by Crippen LogP contribution is 2.68. The van der Waals surface area contributed by atoms with E-state index in [2.05, 4.69) is 26.1 Å². The maximum Gasteiger partial charge on any atom is 0.220 e. The summed E-state index contributed by atoms with van der Waals surface area (Å²) in [5.74, 6) is 1.87. The van der Waals surface area contributed by atoms with Gasteiger partial charge in [0.2, 0.25) is 5.91 Å². The Kier molecular flexibility index (Phi) is 17.3. The maximum absolute atomic E-state index is 13.8. The van der Waals surface area contributed by atoms with Crippen molar-refractivity contribution in [1.29, 1.82) is 0 Å². The Hall–Kier alpha value is -1.46. The van der Waals surface area contributed by atoms with E-state index in [1.54, 1.807) is 0 Å². The van der Waals surface area contributed by atoms with Gasteiger partial charge in [0.05, 0.1) is 31.5 Å². The van der Waals surface area contributed by atoms with Crippen LogP contribution in [-0.2, 0) is 38.0 Å². The van der Waals surface area contributed by atoms with E-state index in [1.807, 2.05) is 20.8 Å². The van der Waals surface area contributed by atoms with Crippen molar-refractivity contribution in [2.45, 2.75) is 217 Å². The number of nitrogens with one attached hydrogen (secondary N) is 1. The van der Waals surface area contributed by atoms with Gasteiger partial charge in [0, 0.05) is 25.3 Å². The molecule has 18 heteroatoms. The number of fused-ring (bicyclic) bond motifs is 5. The molecule has 1 amide bonds. The van der Waals surface area contributed by atoms with E-state index in [0.717, 1.165) is 38.5 Å². The van der Waals surface area contributed by atoms with Crippen LogP contribution >= 0.6 is 0 Å². The average Bonchev–Trinajstić information content (AvgIpc) is 3.56.